The fourth-order valence-corrected chi connectivity index (χ4v) is 2.50. The first kappa shape index (κ1) is 13.9. The first-order valence-electron chi connectivity index (χ1n) is 7.04. The SMILES string of the molecule is CN=C(NCCCn1cccn1)N1CCC(C)(C)C1. The van der Waals surface area contributed by atoms with Crippen molar-refractivity contribution in [2.45, 2.75) is 33.2 Å². The predicted molar refractivity (Wildman–Crippen MR) is 78.2 cm³/mol. The summed E-state index contributed by atoms with van der Waals surface area (Å²) in [5.41, 5.74) is 0.409. The van der Waals surface area contributed by atoms with Gasteiger partial charge in [0.1, 0.15) is 0 Å². The molecule has 1 N–H and O–H groups in total. The molecule has 0 atom stereocenters. The lowest BCUT2D eigenvalue weighted by Crippen LogP contribution is -2.41. The van der Waals surface area contributed by atoms with Crippen molar-refractivity contribution in [3.05, 3.63) is 18.5 Å². The van der Waals surface area contributed by atoms with Crippen molar-refractivity contribution in [3.63, 3.8) is 0 Å². The van der Waals surface area contributed by atoms with E-state index in [1.54, 1.807) is 0 Å². The number of guanidine groups is 1. The van der Waals surface area contributed by atoms with Crippen molar-refractivity contribution in [2.75, 3.05) is 26.7 Å². The Balaban J connectivity index is 1.72. The molecule has 0 unspecified atom stereocenters. The highest BCUT2D eigenvalue weighted by Crippen LogP contribution is 2.28. The number of rotatable bonds is 4. The number of nitrogens with one attached hydrogen (secondary N) is 1. The lowest BCUT2D eigenvalue weighted by molar-refractivity contribution is 0.369. The van der Waals surface area contributed by atoms with Gasteiger partial charge >= 0.3 is 0 Å². The highest BCUT2D eigenvalue weighted by molar-refractivity contribution is 5.80. The van der Waals surface area contributed by atoms with Gasteiger partial charge in [-0.1, -0.05) is 13.8 Å². The van der Waals surface area contributed by atoms with Crippen LogP contribution in [0.15, 0.2) is 23.5 Å². The second-order valence-corrected chi connectivity index (χ2v) is 5.93. The average Bonchev–Trinajstić information content (AvgIpc) is 2.99. The van der Waals surface area contributed by atoms with Crippen LogP contribution in [0.1, 0.15) is 26.7 Å². The fourth-order valence-electron chi connectivity index (χ4n) is 2.50. The molecule has 1 fully saturated rings. The van der Waals surface area contributed by atoms with E-state index in [0.717, 1.165) is 38.6 Å². The van der Waals surface area contributed by atoms with E-state index >= 15 is 0 Å². The highest BCUT2D eigenvalue weighted by atomic mass is 15.3. The van der Waals surface area contributed by atoms with Crippen LogP contribution in [0, 0.1) is 5.41 Å². The number of hydrogen-bond acceptors (Lipinski definition) is 2. The van der Waals surface area contributed by atoms with E-state index in [0.29, 0.717) is 5.41 Å². The van der Waals surface area contributed by atoms with Crippen LogP contribution < -0.4 is 5.32 Å². The molecule has 1 aliphatic heterocycles. The first-order chi connectivity index (χ1) is 9.11. The largest absolute Gasteiger partial charge is 0.356 e. The maximum atomic E-state index is 4.38. The summed E-state index contributed by atoms with van der Waals surface area (Å²) in [4.78, 5) is 6.73. The van der Waals surface area contributed by atoms with Crippen LogP contribution in [0.2, 0.25) is 0 Å². The van der Waals surface area contributed by atoms with E-state index in [9.17, 15) is 0 Å². The topological polar surface area (TPSA) is 45.5 Å². The van der Waals surface area contributed by atoms with E-state index in [1.807, 2.05) is 30.2 Å². The molecule has 1 aromatic rings. The number of hydrogen-bond donors (Lipinski definition) is 1. The summed E-state index contributed by atoms with van der Waals surface area (Å²) in [7, 11) is 1.86. The van der Waals surface area contributed by atoms with Gasteiger partial charge in [-0.15, -0.1) is 0 Å². The molecule has 0 amide bonds. The minimum atomic E-state index is 0.409. The van der Waals surface area contributed by atoms with Gasteiger partial charge in [0.05, 0.1) is 0 Å². The Bertz CT molecular complexity index is 407. The molecule has 1 aliphatic rings. The monoisotopic (exact) mass is 263 g/mol. The fraction of sp³-hybridized carbons (Fsp3) is 0.714. The molecule has 2 rings (SSSR count). The number of nitrogens with zero attached hydrogens (tertiary/aromatic N) is 4. The molecule has 1 saturated heterocycles. The van der Waals surface area contributed by atoms with E-state index in [2.05, 4.69) is 34.2 Å². The van der Waals surface area contributed by atoms with Crippen LogP contribution >= 0.6 is 0 Å². The van der Waals surface area contributed by atoms with E-state index in [1.165, 1.54) is 6.42 Å². The molecular weight excluding hydrogens is 238 g/mol. The smallest absolute Gasteiger partial charge is 0.193 e. The third-order valence-corrected chi connectivity index (χ3v) is 3.60. The van der Waals surface area contributed by atoms with E-state index in [4.69, 9.17) is 0 Å². The Morgan fingerprint density at radius 1 is 1.47 bits per heavy atom. The molecule has 0 radical (unpaired) electrons. The number of aromatic nitrogens is 2. The summed E-state index contributed by atoms with van der Waals surface area (Å²) in [5, 5.41) is 7.64. The summed E-state index contributed by atoms with van der Waals surface area (Å²) >= 11 is 0. The normalized spacial score (nSPS) is 18.9. The molecule has 5 heteroatoms. The second-order valence-electron chi connectivity index (χ2n) is 5.93. The van der Waals surface area contributed by atoms with Crippen molar-refractivity contribution in [1.29, 1.82) is 0 Å². The first-order valence-corrected chi connectivity index (χ1v) is 7.04. The van der Waals surface area contributed by atoms with Gasteiger partial charge in [-0.2, -0.15) is 5.10 Å². The van der Waals surface area contributed by atoms with Crippen molar-refractivity contribution < 1.29 is 0 Å². The summed E-state index contributed by atoms with van der Waals surface area (Å²) in [5.74, 6) is 1.03. The Morgan fingerprint density at radius 2 is 2.32 bits per heavy atom. The lowest BCUT2D eigenvalue weighted by Gasteiger charge is -2.23. The van der Waals surface area contributed by atoms with Gasteiger partial charge in [0.25, 0.3) is 0 Å². The number of aliphatic imine (C=N–C) groups is 1. The minimum Gasteiger partial charge on any atom is -0.356 e. The van der Waals surface area contributed by atoms with Gasteiger partial charge < -0.3 is 10.2 Å². The third-order valence-electron chi connectivity index (χ3n) is 3.60. The van der Waals surface area contributed by atoms with Crippen LogP contribution in [0.5, 0.6) is 0 Å². The Morgan fingerprint density at radius 3 is 2.89 bits per heavy atom. The van der Waals surface area contributed by atoms with Crippen molar-refractivity contribution in [1.82, 2.24) is 20.0 Å². The van der Waals surface area contributed by atoms with Gasteiger partial charge in [0.2, 0.25) is 0 Å². The zero-order valence-corrected chi connectivity index (χ0v) is 12.3. The zero-order valence-electron chi connectivity index (χ0n) is 12.3. The summed E-state index contributed by atoms with van der Waals surface area (Å²) in [6.45, 7) is 8.71. The third kappa shape index (κ3) is 3.98. The Kier molecular flexibility index (Phi) is 4.45. The van der Waals surface area contributed by atoms with Gasteiger partial charge in [0.15, 0.2) is 5.96 Å². The molecule has 0 saturated carbocycles. The Hall–Kier alpha value is -1.52. The number of aryl methyl sites for hydroxylation is 1. The van der Waals surface area contributed by atoms with E-state index in [-0.39, 0.29) is 0 Å². The van der Waals surface area contributed by atoms with Crippen LogP contribution in [0.4, 0.5) is 0 Å². The molecule has 1 aromatic heterocycles. The molecule has 0 aliphatic carbocycles. The Labute approximate surface area is 115 Å². The van der Waals surface area contributed by atoms with E-state index < -0.39 is 0 Å². The summed E-state index contributed by atoms with van der Waals surface area (Å²) in [6, 6.07) is 1.96. The predicted octanol–water partition coefficient (Wildman–Crippen LogP) is 1.58. The van der Waals surface area contributed by atoms with Gasteiger partial charge in [-0.25, -0.2) is 0 Å². The van der Waals surface area contributed by atoms with Crippen LogP contribution in [0.25, 0.3) is 0 Å². The molecule has 0 bridgehead atoms. The van der Waals surface area contributed by atoms with Crippen LogP contribution in [-0.4, -0.2) is 47.3 Å². The maximum Gasteiger partial charge on any atom is 0.193 e. The summed E-state index contributed by atoms with van der Waals surface area (Å²) in [6.07, 6.45) is 6.11. The van der Waals surface area contributed by atoms with Crippen molar-refractivity contribution >= 4 is 5.96 Å². The average molecular weight is 263 g/mol. The molecule has 2 heterocycles. The second kappa shape index (κ2) is 6.08. The zero-order chi connectivity index (χ0) is 13.7. The molecule has 0 aromatic carbocycles. The highest BCUT2D eigenvalue weighted by Gasteiger charge is 2.30. The van der Waals surface area contributed by atoms with Crippen LogP contribution in [0.3, 0.4) is 0 Å². The molecule has 19 heavy (non-hydrogen) atoms. The molecule has 106 valence electrons. The summed E-state index contributed by atoms with van der Waals surface area (Å²) < 4.78 is 1.96. The minimum absolute atomic E-state index is 0.409. The van der Waals surface area contributed by atoms with Crippen molar-refractivity contribution in [3.8, 4) is 0 Å². The molecule has 5 nitrogen and oxygen atoms in total. The standard InChI is InChI=1S/C14H25N5/c1-14(2)6-11-18(12-14)13(15-3)16-7-4-9-19-10-5-8-17-19/h5,8,10H,4,6-7,9,11-12H2,1-3H3,(H,15,16). The van der Waals surface area contributed by atoms with Gasteiger partial charge in [-0.05, 0) is 24.3 Å². The van der Waals surface area contributed by atoms with Crippen molar-refractivity contribution in [2.24, 2.45) is 10.4 Å². The van der Waals surface area contributed by atoms with Gasteiger partial charge in [-0.3, -0.25) is 9.67 Å². The lowest BCUT2D eigenvalue weighted by atomic mass is 9.93. The quantitative estimate of drug-likeness (QED) is 0.509. The molecule has 0 spiro atoms. The van der Waals surface area contributed by atoms with Crippen LogP contribution in [-0.2, 0) is 6.54 Å². The number of likely N-dealkylation sites (tertiary alicyclic amines) is 1. The van der Waals surface area contributed by atoms with Gasteiger partial charge in [0, 0.05) is 45.6 Å². The maximum absolute atomic E-state index is 4.38. The molecular formula is C14H25N5.